The number of carbonyl (C=O) groups excluding carboxylic acids is 2. The smallest absolute Gasteiger partial charge is 0.407 e. The van der Waals surface area contributed by atoms with Gasteiger partial charge in [-0.25, -0.2) is 4.79 Å². The summed E-state index contributed by atoms with van der Waals surface area (Å²) in [5, 5.41) is 13.9. The van der Waals surface area contributed by atoms with Crippen molar-refractivity contribution in [3.63, 3.8) is 0 Å². The number of carbonyl (C=O) groups is 2. The highest BCUT2D eigenvalue weighted by atomic mass is 79.9. The molecule has 6 heteroatoms. The van der Waals surface area contributed by atoms with Gasteiger partial charge in [0.05, 0.1) is 0 Å². The fraction of sp³-hybridized carbons (Fsp3) is 0.200. The number of benzene rings is 3. The predicted octanol–water partition coefficient (Wildman–Crippen LogP) is 4.04. The summed E-state index contributed by atoms with van der Waals surface area (Å²) in [5.41, 5.74) is 5.44. The van der Waals surface area contributed by atoms with Crippen molar-refractivity contribution in [2.45, 2.75) is 24.8 Å². The van der Waals surface area contributed by atoms with E-state index < -0.39 is 18.1 Å². The Kier molecular flexibility index (Phi) is 6.37. The molecule has 1 N–H and O–H groups in total. The molecule has 0 fully saturated rings. The maximum Gasteiger partial charge on any atom is 0.407 e. The molecule has 0 unspecified atom stereocenters. The summed E-state index contributed by atoms with van der Waals surface area (Å²) < 4.78 is 6.40. The molecule has 0 saturated heterocycles. The van der Waals surface area contributed by atoms with Crippen LogP contribution in [0, 0.1) is 0 Å². The predicted molar refractivity (Wildman–Crippen MR) is 119 cm³/mol. The van der Waals surface area contributed by atoms with Crippen LogP contribution in [0.3, 0.4) is 0 Å². The molecule has 158 valence electrons. The highest BCUT2D eigenvalue weighted by molar-refractivity contribution is 9.10. The van der Waals surface area contributed by atoms with Crippen LogP contribution in [0.2, 0.25) is 0 Å². The highest BCUT2D eigenvalue weighted by Gasteiger charge is 2.29. The second kappa shape index (κ2) is 9.35. The average Bonchev–Trinajstić information content (AvgIpc) is 3.07. The highest BCUT2D eigenvalue weighted by Crippen LogP contribution is 2.44. The van der Waals surface area contributed by atoms with Crippen molar-refractivity contribution in [1.82, 2.24) is 5.32 Å². The Hall–Kier alpha value is -3.12. The van der Waals surface area contributed by atoms with Gasteiger partial charge >= 0.3 is 6.09 Å². The molecule has 4 rings (SSSR count). The largest absolute Gasteiger partial charge is 0.550 e. The first-order chi connectivity index (χ1) is 15.0. The number of ether oxygens (including phenoxy) is 1. The molecule has 0 bridgehead atoms. The van der Waals surface area contributed by atoms with Gasteiger partial charge in [0, 0.05) is 28.8 Å². The van der Waals surface area contributed by atoms with E-state index in [1.165, 1.54) is 0 Å². The van der Waals surface area contributed by atoms with Gasteiger partial charge in [-0.3, -0.25) is 0 Å². The summed E-state index contributed by atoms with van der Waals surface area (Å²) in [6.07, 6.45) is -0.592. The lowest BCUT2D eigenvalue weighted by Gasteiger charge is -2.21. The summed E-state index contributed by atoms with van der Waals surface area (Å²) in [6.45, 7) is 0.174. The standard InChI is InChI=1S/C25H22BrNO4/c26-23-12-6-1-7-16(23)13-17(14-24(28)29)27-25(30)31-15-22-20-10-4-2-8-18(20)19-9-3-5-11-21(19)22/h1-12,17,22H,13-15H2,(H,27,30)(H,28,29)/p-1/t17-/m1/s1. The molecular formula is C25H21BrNO4-. The number of alkyl carbamates (subject to hydrolysis) is 1. The van der Waals surface area contributed by atoms with E-state index in [2.05, 4.69) is 33.4 Å². The minimum Gasteiger partial charge on any atom is -0.550 e. The monoisotopic (exact) mass is 478 g/mol. The Morgan fingerprint density at radius 3 is 2.13 bits per heavy atom. The molecule has 5 nitrogen and oxygen atoms in total. The zero-order chi connectivity index (χ0) is 21.8. The van der Waals surface area contributed by atoms with Crippen molar-refractivity contribution in [3.8, 4) is 11.1 Å². The number of hydrogen-bond acceptors (Lipinski definition) is 4. The molecule has 0 aliphatic heterocycles. The lowest BCUT2D eigenvalue weighted by atomic mass is 9.98. The maximum absolute atomic E-state index is 12.5. The van der Waals surface area contributed by atoms with Crippen molar-refractivity contribution in [1.29, 1.82) is 0 Å². The van der Waals surface area contributed by atoms with E-state index >= 15 is 0 Å². The normalized spacial score (nSPS) is 13.2. The van der Waals surface area contributed by atoms with Crippen molar-refractivity contribution in [2.75, 3.05) is 6.61 Å². The van der Waals surface area contributed by atoms with Crippen molar-refractivity contribution < 1.29 is 19.4 Å². The van der Waals surface area contributed by atoms with Crippen LogP contribution < -0.4 is 10.4 Å². The van der Waals surface area contributed by atoms with E-state index in [0.29, 0.717) is 6.42 Å². The average molecular weight is 479 g/mol. The van der Waals surface area contributed by atoms with Crippen molar-refractivity contribution in [3.05, 3.63) is 94.0 Å². The summed E-state index contributed by atoms with van der Waals surface area (Å²) in [4.78, 5) is 23.7. The molecule has 1 atom stereocenters. The molecular weight excluding hydrogens is 458 g/mol. The molecule has 3 aromatic carbocycles. The van der Waals surface area contributed by atoms with Crippen LogP contribution in [-0.4, -0.2) is 24.7 Å². The van der Waals surface area contributed by atoms with E-state index in [1.807, 2.05) is 60.7 Å². The van der Waals surface area contributed by atoms with Gasteiger partial charge < -0.3 is 20.0 Å². The molecule has 0 saturated carbocycles. The van der Waals surface area contributed by atoms with Crippen LogP contribution in [0.1, 0.15) is 29.0 Å². The number of aliphatic carboxylic acids is 1. The number of fused-ring (bicyclic) bond motifs is 3. The molecule has 1 aliphatic carbocycles. The summed E-state index contributed by atoms with van der Waals surface area (Å²) in [5.74, 6) is -1.28. The molecule has 1 aliphatic rings. The third-order valence-electron chi connectivity index (χ3n) is 5.50. The van der Waals surface area contributed by atoms with Crippen LogP contribution in [0.4, 0.5) is 4.79 Å². The van der Waals surface area contributed by atoms with Crippen LogP contribution >= 0.6 is 15.9 Å². The van der Waals surface area contributed by atoms with Gasteiger partial charge in [-0.1, -0.05) is 82.7 Å². The summed E-state index contributed by atoms with van der Waals surface area (Å²) in [7, 11) is 0. The van der Waals surface area contributed by atoms with Gasteiger partial charge in [0.25, 0.3) is 0 Å². The number of rotatable bonds is 7. The fourth-order valence-corrected chi connectivity index (χ4v) is 4.56. The quantitative estimate of drug-likeness (QED) is 0.555. The lowest BCUT2D eigenvalue weighted by molar-refractivity contribution is -0.306. The molecule has 31 heavy (non-hydrogen) atoms. The molecule has 0 spiro atoms. The summed E-state index contributed by atoms with van der Waals surface area (Å²) in [6, 6.07) is 23.0. The minimum atomic E-state index is -1.23. The van der Waals surface area contributed by atoms with Gasteiger partial charge in [-0.15, -0.1) is 0 Å². The number of nitrogens with one attached hydrogen (secondary N) is 1. The third kappa shape index (κ3) is 4.80. The fourth-order valence-electron chi connectivity index (χ4n) is 4.11. The first-order valence-corrected chi connectivity index (χ1v) is 10.9. The number of halogens is 1. The molecule has 1 amide bonds. The minimum absolute atomic E-state index is 0.0546. The van der Waals surface area contributed by atoms with Gasteiger partial charge in [0.1, 0.15) is 6.61 Å². The van der Waals surface area contributed by atoms with E-state index in [9.17, 15) is 14.7 Å². The van der Waals surface area contributed by atoms with Gasteiger partial charge in [-0.2, -0.15) is 0 Å². The second-order valence-corrected chi connectivity index (χ2v) is 8.39. The SMILES string of the molecule is O=C([O-])C[C@@H](Cc1ccccc1Br)NC(=O)OCC1c2ccccc2-c2ccccc21. The molecule has 0 radical (unpaired) electrons. The maximum atomic E-state index is 12.5. The molecule has 3 aromatic rings. The Morgan fingerprint density at radius 1 is 0.935 bits per heavy atom. The van der Waals surface area contributed by atoms with E-state index in [1.54, 1.807) is 0 Å². The van der Waals surface area contributed by atoms with Crippen molar-refractivity contribution in [2.24, 2.45) is 0 Å². The van der Waals surface area contributed by atoms with Gasteiger partial charge in [-0.05, 0) is 40.3 Å². The number of carboxylic acids is 1. The Bertz CT molecular complexity index is 1070. The lowest BCUT2D eigenvalue weighted by Crippen LogP contribution is -2.41. The first kappa shape index (κ1) is 21.1. The van der Waals surface area contributed by atoms with Crippen LogP contribution in [0.5, 0.6) is 0 Å². The van der Waals surface area contributed by atoms with E-state index in [-0.39, 0.29) is 18.9 Å². The number of amides is 1. The Balaban J connectivity index is 1.44. The second-order valence-electron chi connectivity index (χ2n) is 7.54. The van der Waals surface area contributed by atoms with Gasteiger partial charge in [0.15, 0.2) is 0 Å². The Morgan fingerprint density at radius 2 is 1.52 bits per heavy atom. The van der Waals surface area contributed by atoms with Crippen molar-refractivity contribution >= 4 is 28.0 Å². The number of carboxylic acid groups (broad SMARTS) is 1. The topological polar surface area (TPSA) is 78.5 Å². The van der Waals surface area contributed by atoms with E-state index in [0.717, 1.165) is 32.3 Å². The van der Waals surface area contributed by atoms with Crippen LogP contribution in [-0.2, 0) is 16.0 Å². The zero-order valence-electron chi connectivity index (χ0n) is 16.7. The summed E-state index contributed by atoms with van der Waals surface area (Å²) >= 11 is 3.46. The number of hydrogen-bond donors (Lipinski definition) is 1. The van der Waals surface area contributed by atoms with E-state index in [4.69, 9.17) is 4.74 Å². The third-order valence-corrected chi connectivity index (χ3v) is 6.28. The Labute approximate surface area is 189 Å². The van der Waals surface area contributed by atoms with Crippen LogP contribution in [0.15, 0.2) is 77.3 Å². The zero-order valence-corrected chi connectivity index (χ0v) is 18.3. The van der Waals surface area contributed by atoms with Crippen LogP contribution in [0.25, 0.3) is 11.1 Å². The van der Waals surface area contributed by atoms with Gasteiger partial charge in [0.2, 0.25) is 0 Å². The molecule has 0 aromatic heterocycles. The first-order valence-electron chi connectivity index (χ1n) is 10.1. The molecule has 0 heterocycles.